The number of nitrogens with two attached hydrogens (primary N) is 1. The number of fused-ring (bicyclic) bond motifs is 4. The predicted octanol–water partition coefficient (Wildman–Crippen LogP) is 3.88. The van der Waals surface area contributed by atoms with Gasteiger partial charge in [-0.25, -0.2) is 10.3 Å². The van der Waals surface area contributed by atoms with Gasteiger partial charge in [0.05, 0.1) is 17.1 Å². The third-order valence-corrected chi connectivity index (χ3v) is 6.84. The number of nitrogens with one attached hydrogen (secondary N) is 2. The molecule has 1 spiro atoms. The standard InChI is InChI=1S/C24H16N6OS/c25-14-16-22(26)31-23-20(24(16)29-19-12-6-7-13-30(19)32-24)21(15-8-2-1-3-9-15)27-17-10-4-5-11-18(17)28-23/h1-13H,26H2,(H,27,28)/p+1. The predicted molar refractivity (Wildman–Crippen MR) is 124 cm³/mol. The topological polar surface area (TPSA) is 99.3 Å². The minimum Gasteiger partial charge on any atom is -0.421 e. The molecule has 1 aromatic heterocycles. The van der Waals surface area contributed by atoms with Crippen LogP contribution in [0.4, 0.5) is 17.2 Å². The molecule has 3 aromatic rings. The van der Waals surface area contributed by atoms with Crippen LogP contribution < -0.4 is 20.3 Å². The van der Waals surface area contributed by atoms with Crippen molar-refractivity contribution in [3.05, 3.63) is 102 Å². The molecular weight excluding hydrogens is 420 g/mol. The van der Waals surface area contributed by atoms with Gasteiger partial charge in [0.1, 0.15) is 29.8 Å². The number of nitrogens with zero attached hydrogens (tertiary/aromatic N) is 3. The Morgan fingerprint density at radius 3 is 2.62 bits per heavy atom. The number of pyridine rings is 1. The fourth-order valence-electron chi connectivity index (χ4n) is 4.13. The summed E-state index contributed by atoms with van der Waals surface area (Å²) in [5.74, 6) is 1.24. The lowest BCUT2D eigenvalue weighted by Crippen LogP contribution is -2.46. The van der Waals surface area contributed by atoms with Crippen LogP contribution in [0, 0.1) is 11.3 Å². The van der Waals surface area contributed by atoms with E-state index in [1.54, 1.807) is 0 Å². The maximum absolute atomic E-state index is 10.1. The Kier molecular flexibility index (Phi) is 4.00. The van der Waals surface area contributed by atoms with Crippen LogP contribution in [0.2, 0.25) is 0 Å². The van der Waals surface area contributed by atoms with Crippen LogP contribution in [0.15, 0.2) is 101 Å². The Balaban J connectivity index is 1.70. The molecule has 7 nitrogen and oxygen atoms in total. The van der Waals surface area contributed by atoms with Crippen molar-refractivity contribution >= 4 is 40.7 Å². The average molecular weight is 438 g/mol. The number of hydrogen-bond donors (Lipinski definition) is 3. The first kappa shape index (κ1) is 18.5. The number of benzene rings is 2. The Bertz CT molecular complexity index is 1380. The van der Waals surface area contributed by atoms with Crippen molar-refractivity contribution in [3.63, 3.8) is 0 Å². The van der Waals surface area contributed by atoms with Gasteiger partial charge >= 0.3 is 0 Å². The van der Waals surface area contributed by atoms with Crippen LogP contribution in [-0.4, -0.2) is 10.8 Å². The second-order valence-electron chi connectivity index (χ2n) is 7.44. The molecule has 32 heavy (non-hydrogen) atoms. The Morgan fingerprint density at radius 2 is 1.81 bits per heavy atom. The van der Waals surface area contributed by atoms with Crippen LogP contribution in [0.25, 0.3) is 5.70 Å². The third-order valence-electron chi connectivity index (χ3n) is 5.54. The average Bonchev–Trinajstić information content (AvgIpc) is 3.10. The van der Waals surface area contributed by atoms with Crippen molar-refractivity contribution in [2.75, 3.05) is 10.6 Å². The van der Waals surface area contributed by atoms with Gasteiger partial charge in [-0.15, -0.1) is 0 Å². The van der Waals surface area contributed by atoms with Gasteiger partial charge < -0.3 is 15.8 Å². The van der Waals surface area contributed by atoms with Crippen molar-refractivity contribution in [2.45, 2.75) is 4.87 Å². The maximum Gasteiger partial charge on any atom is 0.288 e. The van der Waals surface area contributed by atoms with Crippen LogP contribution in [0.1, 0.15) is 5.56 Å². The van der Waals surface area contributed by atoms with E-state index in [1.165, 1.54) is 11.9 Å². The molecule has 4 heterocycles. The smallest absolute Gasteiger partial charge is 0.288 e. The molecule has 0 amide bonds. The molecule has 0 bridgehead atoms. The number of aliphatic imine (C=N–C) groups is 1. The molecule has 4 N–H and O–H groups in total. The normalized spacial score (nSPS) is 20.7. The van der Waals surface area contributed by atoms with E-state index in [9.17, 15) is 5.26 Å². The minimum atomic E-state index is -1.02. The highest BCUT2D eigenvalue weighted by Gasteiger charge is 2.60. The quantitative estimate of drug-likeness (QED) is 0.500. The Morgan fingerprint density at radius 1 is 1.03 bits per heavy atom. The molecule has 0 saturated carbocycles. The van der Waals surface area contributed by atoms with Crippen molar-refractivity contribution in [2.24, 2.45) is 10.7 Å². The van der Waals surface area contributed by atoms with Crippen molar-refractivity contribution in [1.82, 2.24) is 0 Å². The Labute approximate surface area is 188 Å². The van der Waals surface area contributed by atoms with Gasteiger partial charge in [0, 0.05) is 6.07 Å². The van der Waals surface area contributed by atoms with Gasteiger partial charge in [-0.3, -0.25) is 0 Å². The first-order valence-corrected chi connectivity index (χ1v) is 10.8. The lowest BCUT2D eigenvalue weighted by atomic mass is 9.91. The molecule has 6 rings (SSSR count). The van der Waals surface area contributed by atoms with Gasteiger partial charge in [-0.1, -0.05) is 48.5 Å². The van der Waals surface area contributed by atoms with Crippen LogP contribution in [-0.2, 0) is 4.74 Å². The zero-order valence-electron chi connectivity index (χ0n) is 16.7. The number of rotatable bonds is 1. The summed E-state index contributed by atoms with van der Waals surface area (Å²) in [6.45, 7) is 0. The highest BCUT2D eigenvalue weighted by atomic mass is 32.2. The van der Waals surface area contributed by atoms with E-state index in [2.05, 4.69) is 16.7 Å². The molecule has 0 radical (unpaired) electrons. The molecule has 0 fully saturated rings. The van der Waals surface area contributed by atoms with Gasteiger partial charge in [0.25, 0.3) is 10.7 Å². The summed E-state index contributed by atoms with van der Waals surface area (Å²) in [5, 5.41) is 17.2. The summed E-state index contributed by atoms with van der Waals surface area (Å²) in [6.07, 6.45) is 1.95. The lowest BCUT2D eigenvalue weighted by Gasteiger charge is -2.31. The molecule has 154 valence electrons. The zero-order chi connectivity index (χ0) is 21.7. The summed E-state index contributed by atoms with van der Waals surface area (Å²) >= 11 is 1.45. The molecule has 8 heteroatoms. The minimum absolute atomic E-state index is 0.0372. The molecule has 0 aliphatic carbocycles. The molecule has 0 saturated heterocycles. The van der Waals surface area contributed by atoms with Crippen LogP contribution in [0.3, 0.4) is 0 Å². The summed E-state index contributed by atoms with van der Waals surface area (Å²) in [4.78, 5) is 3.80. The number of nitriles is 1. The lowest BCUT2D eigenvalue weighted by molar-refractivity contribution is -0.473. The van der Waals surface area contributed by atoms with E-state index in [1.807, 2.05) is 83.0 Å². The van der Waals surface area contributed by atoms with E-state index < -0.39 is 4.87 Å². The number of aromatic nitrogens is 1. The summed E-state index contributed by atoms with van der Waals surface area (Å²) in [7, 11) is 0. The molecular formula is C24H17N6OS+. The fraction of sp³-hybridized carbons (Fsp3) is 0.0417. The van der Waals surface area contributed by atoms with Gasteiger partial charge in [0.2, 0.25) is 11.8 Å². The zero-order valence-corrected chi connectivity index (χ0v) is 17.6. The van der Waals surface area contributed by atoms with Gasteiger partial charge in [-0.05, 0) is 23.8 Å². The highest BCUT2D eigenvalue weighted by Crippen LogP contribution is 2.50. The summed E-state index contributed by atoms with van der Waals surface area (Å²) in [6, 6.07) is 25.8. The fourth-order valence-corrected chi connectivity index (χ4v) is 5.43. The van der Waals surface area contributed by atoms with Crippen molar-refractivity contribution in [1.29, 1.82) is 5.26 Å². The van der Waals surface area contributed by atoms with Crippen LogP contribution >= 0.6 is 11.9 Å². The van der Waals surface area contributed by atoms with E-state index in [0.29, 0.717) is 17.0 Å². The third kappa shape index (κ3) is 2.62. The van der Waals surface area contributed by atoms with Crippen molar-refractivity contribution in [3.8, 4) is 6.07 Å². The van der Waals surface area contributed by atoms with Gasteiger partial charge in [0.15, 0.2) is 5.57 Å². The second kappa shape index (κ2) is 6.90. The Hall–Kier alpha value is -4.22. The van der Waals surface area contributed by atoms with Crippen molar-refractivity contribution < 1.29 is 8.71 Å². The summed E-state index contributed by atoms with van der Waals surface area (Å²) < 4.78 is 7.98. The first-order chi connectivity index (χ1) is 15.7. The number of anilines is 2. The molecule has 1 atom stereocenters. The monoisotopic (exact) mass is 437 g/mol. The number of hydrogen-bond acceptors (Lipinski definition) is 7. The number of para-hydroxylation sites is 2. The molecule has 3 aliphatic rings. The number of ether oxygens (including phenoxy) is 1. The second-order valence-corrected chi connectivity index (χ2v) is 8.63. The first-order valence-electron chi connectivity index (χ1n) is 10.0. The van der Waals surface area contributed by atoms with E-state index in [-0.39, 0.29) is 5.88 Å². The van der Waals surface area contributed by atoms with E-state index in [4.69, 9.17) is 15.5 Å². The SMILES string of the molecule is N#CC1=C(N)OC2=Nc3ccccc3NC(c3ccccc3)=C2C12Nc1cccc[n+]1S2. The van der Waals surface area contributed by atoms with Gasteiger partial charge in [-0.2, -0.15) is 9.23 Å². The summed E-state index contributed by atoms with van der Waals surface area (Å²) in [5.41, 5.74) is 10.6. The molecule has 3 aliphatic heterocycles. The van der Waals surface area contributed by atoms with E-state index >= 15 is 0 Å². The van der Waals surface area contributed by atoms with E-state index in [0.717, 1.165) is 28.5 Å². The maximum atomic E-state index is 10.1. The molecule has 2 aromatic carbocycles. The van der Waals surface area contributed by atoms with Crippen LogP contribution in [0.5, 0.6) is 0 Å². The molecule has 1 unspecified atom stereocenters. The highest BCUT2D eigenvalue weighted by molar-refractivity contribution is 7.95. The largest absolute Gasteiger partial charge is 0.421 e.